The summed E-state index contributed by atoms with van der Waals surface area (Å²) in [4.78, 5) is 26.6. The third-order valence-electron chi connectivity index (χ3n) is 2.63. The van der Waals surface area contributed by atoms with Crippen LogP contribution in [0.3, 0.4) is 0 Å². The van der Waals surface area contributed by atoms with Crippen molar-refractivity contribution in [1.29, 1.82) is 0 Å². The highest BCUT2D eigenvalue weighted by Gasteiger charge is 2.34. The van der Waals surface area contributed by atoms with E-state index in [1.54, 1.807) is 13.8 Å². The number of carbonyl (C=O) groups is 2. The van der Waals surface area contributed by atoms with E-state index in [1.807, 2.05) is 0 Å². The van der Waals surface area contributed by atoms with Gasteiger partial charge in [0.25, 0.3) is 5.91 Å². The molecule has 0 bridgehead atoms. The number of primary amides is 1. The highest BCUT2D eigenvalue weighted by Crippen LogP contribution is 2.31. The van der Waals surface area contributed by atoms with Crippen LogP contribution in [0.5, 0.6) is 0 Å². The number of anilines is 1. The second-order valence-electron chi connectivity index (χ2n) is 4.55. The van der Waals surface area contributed by atoms with Crippen molar-refractivity contribution >= 4 is 17.7 Å². The second kappa shape index (κ2) is 5.98. The van der Waals surface area contributed by atoms with Crippen LogP contribution in [0.15, 0.2) is 12.1 Å². The van der Waals surface area contributed by atoms with Crippen molar-refractivity contribution in [2.75, 3.05) is 11.4 Å². The average molecular weight is 305 g/mol. The number of hydrogen-bond donors (Lipinski definition) is 2. The van der Waals surface area contributed by atoms with E-state index in [0.29, 0.717) is 6.07 Å². The molecule has 1 heterocycles. The van der Waals surface area contributed by atoms with E-state index in [4.69, 9.17) is 10.8 Å². The molecule has 0 fully saturated rings. The van der Waals surface area contributed by atoms with Crippen LogP contribution in [0.2, 0.25) is 0 Å². The lowest BCUT2D eigenvalue weighted by Gasteiger charge is -2.28. The van der Waals surface area contributed by atoms with Gasteiger partial charge in [0.2, 0.25) is 0 Å². The fourth-order valence-electron chi connectivity index (χ4n) is 1.67. The molecule has 1 rings (SSSR count). The fraction of sp³-hybridized carbons (Fsp3) is 0.417. The van der Waals surface area contributed by atoms with Gasteiger partial charge in [-0.2, -0.15) is 13.2 Å². The summed E-state index contributed by atoms with van der Waals surface area (Å²) in [5, 5.41) is 8.84. The number of nitrogens with two attached hydrogens (primary N) is 1. The first-order valence-electron chi connectivity index (χ1n) is 5.90. The third kappa shape index (κ3) is 4.07. The largest absolute Gasteiger partial charge is 0.480 e. The molecule has 0 aliphatic rings. The molecule has 0 saturated heterocycles. The summed E-state index contributed by atoms with van der Waals surface area (Å²) in [6.45, 7) is 2.53. The van der Waals surface area contributed by atoms with Crippen molar-refractivity contribution in [3.63, 3.8) is 0 Å². The summed E-state index contributed by atoms with van der Waals surface area (Å²) < 4.78 is 38.1. The minimum atomic E-state index is -4.71. The molecular formula is C12H14F3N3O3. The molecule has 3 N–H and O–H groups in total. The van der Waals surface area contributed by atoms with Gasteiger partial charge in [0.1, 0.15) is 18.1 Å². The second-order valence-corrected chi connectivity index (χ2v) is 4.55. The van der Waals surface area contributed by atoms with Crippen LogP contribution < -0.4 is 10.6 Å². The number of amides is 1. The molecule has 21 heavy (non-hydrogen) atoms. The van der Waals surface area contributed by atoms with Gasteiger partial charge in [-0.1, -0.05) is 0 Å². The molecule has 0 atom stereocenters. The number of aromatic nitrogens is 1. The van der Waals surface area contributed by atoms with E-state index >= 15 is 0 Å². The topological polar surface area (TPSA) is 96.5 Å². The summed E-state index contributed by atoms with van der Waals surface area (Å²) >= 11 is 0. The highest BCUT2D eigenvalue weighted by molar-refractivity contribution is 5.98. The predicted molar refractivity (Wildman–Crippen MR) is 67.9 cm³/mol. The zero-order valence-electron chi connectivity index (χ0n) is 11.3. The molecule has 9 heteroatoms. The van der Waals surface area contributed by atoms with Gasteiger partial charge in [0, 0.05) is 6.04 Å². The molecule has 0 aromatic carbocycles. The molecule has 1 aromatic heterocycles. The molecule has 116 valence electrons. The summed E-state index contributed by atoms with van der Waals surface area (Å²) in [7, 11) is 0. The minimum Gasteiger partial charge on any atom is -0.480 e. The normalized spacial score (nSPS) is 11.5. The number of carbonyl (C=O) groups excluding carboxylic acids is 1. The number of rotatable bonds is 5. The van der Waals surface area contributed by atoms with E-state index in [9.17, 15) is 22.8 Å². The van der Waals surface area contributed by atoms with Crippen molar-refractivity contribution in [2.45, 2.75) is 26.1 Å². The Bertz CT molecular complexity index is 558. The molecule has 0 radical (unpaired) electrons. The summed E-state index contributed by atoms with van der Waals surface area (Å²) in [5.41, 5.74) is 3.62. The minimum absolute atomic E-state index is 0.266. The first-order valence-corrected chi connectivity index (χ1v) is 5.90. The van der Waals surface area contributed by atoms with E-state index in [0.717, 1.165) is 11.0 Å². The Labute approximate surface area is 118 Å². The fourth-order valence-corrected chi connectivity index (χ4v) is 1.67. The Morgan fingerprint density at radius 1 is 1.38 bits per heavy atom. The van der Waals surface area contributed by atoms with Gasteiger partial charge in [-0.15, -0.1) is 0 Å². The van der Waals surface area contributed by atoms with Crippen LogP contribution in [0, 0.1) is 0 Å². The lowest BCUT2D eigenvalue weighted by Crippen LogP contribution is -2.38. The molecule has 0 saturated carbocycles. The first kappa shape index (κ1) is 16.7. The van der Waals surface area contributed by atoms with Gasteiger partial charge in [-0.3, -0.25) is 9.59 Å². The Kier molecular flexibility index (Phi) is 4.77. The van der Waals surface area contributed by atoms with Crippen LogP contribution >= 0.6 is 0 Å². The number of carboxylic acids is 1. The van der Waals surface area contributed by atoms with Gasteiger partial charge in [0.05, 0.1) is 5.56 Å². The van der Waals surface area contributed by atoms with Crippen molar-refractivity contribution in [1.82, 2.24) is 4.98 Å². The van der Waals surface area contributed by atoms with E-state index < -0.39 is 42.2 Å². The number of halogens is 3. The van der Waals surface area contributed by atoms with Crippen LogP contribution in [-0.2, 0) is 11.0 Å². The monoisotopic (exact) mass is 305 g/mol. The number of hydrogen-bond acceptors (Lipinski definition) is 4. The van der Waals surface area contributed by atoms with Crippen LogP contribution in [0.4, 0.5) is 19.0 Å². The predicted octanol–water partition coefficient (Wildman–Crippen LogP) is 1.50. The van der Waals surface area contributed by atoms with E-state index in [-0.39, 0.29) is 5.56 Å². The average Bonchev–Trinajstić information content (AvgIpc) is 2.33. The number of alkyl halides is 3. The van der Waals surface area contributed by atoms with Crippen molar-refractivity contribution < 1.29 is 27.9 Å². The number of aliphatic carboxylic acids is 1. The van der Waals surface area contributed by atoms with Crippen LogP contribution in [0.1, 0.15) is 29.9 Å². The van der Waals surface area contributed by atoms with E-state index in [1.165, 1.54) is 0 Å². The Morgan fingerprint density at radius 2 is 1.95 bits per heavy atom. The highest BCUT2D eigenvalue weighted by atomic mass is 19.4. The Balaban J connectivity index is 3.46. The summed E-state index contributed by atoms with van der Waals surface area (Å²) in [6, 6.07) is 1.03. The van der Waals surface area contributed by atoms with Gasteiger partial charge in [-0.25, -0.2) is 4.98 Å². The molecule has 0 aliphatic heterocycles. The molecule has 1 amide bonds. The SMILES string of the molecule is CC(C)N(CC(=O)O)c1nc(C(F)(F)F)ccc1C(N)=O. The maximum absolute atomic E-state index is 12.7. The molecule has 0 aliphatic carbocycles. The van der Waals surface area contributed by atoms with Crippen molar-refractivity contribution in [2.24, 2.45) is 5.73 Å². The van der Waals surface area contributed by atoms with Crippen LogP contribution in [-0.4, -0.2) is 34.6 Å². The van der Waals surface area contributed by atoms with E-state index in [2.05, 4.69) is 4.98 Å². The molecule has 0 unspecified atom stereocenters. The number of carboxylic acid groups (broad SMARTS) is 1. The zero-order chi connectivity index (χ0) is 16.4. The number of nitrogens with zero attached hydrogens (tertiary/aromatic N) is 2. The third-order valence-corrected chi connectivity index (χ3v) is 2.63. The van der Waals surface area contributed by atoms with Gasteiger partial charge < -0.3 is 15.7 Å². The lowest BCUT2D eigenvalue weighted by atomic mass is 10.1. The number of pyridine rings is 1. The first-order chi connectivity index (χ1) is 9.54. The van der Waals surface area contributed by atoms with Gasteiger partial charge in [0.15, 0.2) is 0 Å². The van der Waals surface area contributed by atoms with Gasteiger partial charge in [-0.05, 0) is 26.0 Å². The van der Waals surface area contributed by atoms with Crippen molar-refractivity contribution in [3.05, 3.63) is 23.4 Å². The van der Waals surface area contributed by atoms with Crippen molar-refractivity contribution in [3.8, 4) is 0 Å². The molecule has 6 nitrogen and oxygen atoms in total. The lowest BCUT2D eigenvalue weighted by molar-refractivity contribution is -0.141. The molecule has 0 spiro atoms. The maximum Gasteiger partial charge on any atom is 0.433 e. The quantitative estimate of drug-likeness (QED) is 0.859. The van der Waals surface area contributed by atoms with Crippen LogP contribution in [0.25, 0.3) is 0 Å². The zero-order valence-corrected chi connectivity index (χ0v) is 11.3. The Hall–Kier alpha value is -2.32. The Morgan fingerprint density at radius 3 is 2.33 bits per heavy atom. The molecule has 1 aromatic rings. The standard InChI is InChI=1S/C12H14F3N3O3/c1-6(2)18(5-9(19)20)11-7(10(16)21)3-4-8(17-11)12(13,14)15/h3-4,6H,5H2,1-2H3,(H2,16,21)(H,19,20). The summed E-state index contributed by atoms with van der Waals surface area (Å²) in [5.74, 6) is -2.64. The summed E-state index contributed by atoms with van der Waals surface area (Å²) in [6.07, 6.45) is -4.71. The molecular weight excluding hydrogens is 291 g/mol. The van der Waals surface area contributed by atoms with Gasteiger partial charge >= 0.3 is 12.1 Å². The maximum atomic E-state index is 12.7. The smallest absolute Gasteiger partial charge is 0.433 e.